The maximum absolute atomic E-state index is 5.62. The number of ether oxygens (including phenoxy) is 1. The smallest absolute Gasteiger partial charge is 0.0740 e. The third kappa shape index (κ3) is 3.29. The van der Waals surface area contributed by atoms with Crippen LogP contribution < -0.4 is 5.32 Å². The molecular weight excluding hydrogens is 198 g/mol. The molecule has 0 aromatic heterocycles. The Hall–Kier alpha value is -0.570. The SMILES string of the molecule is Cl.c1ccc(C[C@H]2CNCCO2)cc1. The highest BCUT2D eigenvalue weighted by Crippen LogP contribution is 2.06. The molecule has 1 aromatic carbocycles. The Labute approximate surface area is 91.1 Å². The van der Waals surface area contributed by atoms with Crippen molar-refractivity contribution in [1.82, 2.24) is 5.32 Å². The van der Waals surface area contributed by atoms with E-state index in [1.165, 1.54) is 5.56 Å². The molecule has 0 amide bonds. The van der Waals surface area contributed by atoms with E-state index in [1.54, 1.807) is 0 Å². The van der Waals surface area contributed by atoms with Crippen molar-refractivity contribution in [3.05, 3.63) is 35.9 Å². The van der Waals surface area contributed by atoms with E-state index in [1.807, 2.05) is 6.07 Å². The molecule has 0 spiro atoms. The lowest BCUT2D eigenvalue weighted by atomic mass is 10.1. The van der Waals surface area contributed by atoms with E-state index in [-0.39, 0.29) is 12.4 Å². The predicted octanol–water partition coefficient (Wildman–Crippen LogP) is 1.64. The van der Waals surface area contributed by atoms with Crippen LogP contribution in [0.3, 0.4) is 0 Å². The molecule has 1 N–H and O–H groups in total. The van der Waals surface area contributed by atoms with E-state index in [2.05, 4.69) is 29.6 Å². The van der Waals surface area contributed by atoms with Crippen molar-refractivity contribution in [1.29, 1.82) is 0 Å². The molecule has 1 aliphatic heterocycles. The number of hydrogen-bond acceptors (Lipinski definition) is 2. The summed E-state index contributed by atoms with van der Waals surface area (Å²) >= 11 is 0. The minimum atomic E-state index is 0. The molecule has 1 aliphatic rings. The fourth-order valence-electron chi connectivity index (χ4n) is 1.63. The molecule has 0 bridgehead atoms. The summed E-state index contributed by atoms with van der Waals surface area (Å²) in [6, 6.07) is 10.5. The van der Waals surface area contributed by atoms with E-state index < -0.39 is 0 Å². The van der Waals surface area contributed by atoms with E-state index in [4.69, 9.17) is 4.74 Å². The molecule has 1 heterocycles. The van der Waals surface area contributed by atoms with Crippen LogP contribution in [0.2, 0.25) is 0 Å². The predicted molar refractivity (Wildman–Crippen MR) is 60.0 cm³/mol. The van der Waals surface area contributed by atoms with Crippen molar-refractivity contribution in [2.45, 2.75) is 12.5 Å². The Morgan fingerprint density at radius 2 is 2.07 bits per heavy atom. The first-order valence-electron chi connectivity index (χ1n) is 4.81. The zero-order chi connectivity index (χ0) is 8.93. The van der Waals surface area contributed by atoms with Crippen LogP contribution in [-0.2, 0) is 11.2 Å². The summed E-state index contributed by atoms with van der Waals surface area (Å²) in [5.74, 6) is 0. The summed E-state index contributed by atoms with van der Waals surface area (Å²) in [6.07, 6.45) is 1.38. The standard InChI is InChI=1S/C11H15NO.ClH/c1-2-4-10(5-3-1)8-11-9-12-6-7-13-11;/h1-5,11-12H,6-9H2;1H/t11-;/m0./s1. The first-order valence-corrected chi connectivity index (χ1v) is 4.81. The zero-order valence-corrected chi connectivity index (χ0v) is 8.93. The zero-order valence-electron chi connectivity index (χ0n) is 8.11. The molecule has 0 aliphatic carbocycles. The van der Waals surface area contributed by atoms with E-state index in [0.29, 0.717) is 6.10 Å². The van der Waals surface area contributed by atoms with Crippen LogP contribution in [0.5, 0.6) is 0 Å². The van der Waals surface area contributed by atoms with Gasteiger partial charge in [0.05, 0.1) is 12.7 Å². The Morgan fingerprint density at radius 1 is 1.29 bits per heavy atom. The van der Waals surface area contributed by atoms with Crippen LogP contribution in [0.4, 0.5) is 0 Å². The number of halogens is 1. The Morgan fingerprint density at radius 3 is 2.71 bits per heavy atom. The van der Waals surface area contributed by atoms with Gasteiger partial charge in [-0.25, -0.2) is 0 Å². The average molecular weight is 214 g/mol. The highest BCUT2D eigenvalue weighted by atomic mass is 35.5. The first-order chi connectivity index (χ1) is 6.45. The Bertz CT molecular complexity index is 247. The van der Waals surface area contributed by atoms with Gasteiger partial charge in [-0.1, -0.05) is 30.3 Å². The second-order valence-electron chi connectivity index (χ2n) is 3.39. The number of benzene rings is 1. The first kappa shape index (κ1) is 11.5. The molecule has 1 aromatic rings. The largest absolute Gasteiger partial charge is 0.375 e. The fraction of sp³-hybridized carbons (Fsp3) is 0.455. The summed E-state index contributed by atoms with van der Waals surface area (Å²) in [5.41, 5.74) is 1.36. The van der Waals surface area contributed by atoms with Gasteiger partial charge in [0, 0.05) is 13.1 Å². The van der Waals surface area contributed by atoms with Crippen molar-refractivity contribution < 1.29 is 4.74 Å². The van der Waals surface area contributed by atoms with Crippen molar-refractivity contribution >= 4 is 12.4 Å². The van der Waals surface area contributed by atoms with Crippen LogP contribution in [0.1, 0.15) is 5.56 Å². The fourth-order valence-corrected chi connectivity index (χ4v) is 1.63. The monoisotopic (exact) mass is 213 g/mol. The minimum absolute atomic E-state index is 0. The summed E-state index contributed by atoms with van der Waals surface area (Å²) in [6.45, 7) is 2.82. The third-order valence-electron chi connectivity index (χ3n) is 2.31. The van der Waals surface area contributed by atoms with Crippen LogP contribution >= 0.6 is 12.4 Å². The molecule has 1 saturated heterocycles. The van der Waals surface area contributed by atoms with Gasteiger partial charge < -0.3 is 10.1 Å². The molecule has 1 fully saturated rings. The highest BCUT2D eigenvalue weighted by molar-refractivity contribution is 5.85. The summed E-state index contributed by atoms with van der Waals surface area (Å²) in [7, 11) is 0. The second-order valence-corrected chi connectivity index (χ2v) is 3.39. The van der Waals surface area contributed by atoms with Gasteiger partial charge in [0.1, 0.15) is 0 Å². The van der Waals surface area contributed by atoms with E-state index in [0.717, 1.165) is 26.1 Å². The van der Waals surface area contributed by atoms with Gasteiger partial charge in [-0.05, 0) is 12.0 Å². The number of nitrogens with one attached hydrogen (secondary N) is 1. The van der Waals surface area contributed by atoms with Crippen LogP contribution in [0.25, 0.3) is 0 Å². The van der Waals surface area contributed by atoms with Gasteiger partial charge in [-0.15, -0.1) is 12.4 Å². The molecule has 14 heavy (non-hydrogen) atoms. The molecule has 3 heteroatoms. The van der Waals surface area contributed by atoms with Gasteiger partial charge >= 0.3 is 0 Å². The molecule has 0 saturated carbocycles. The number of morpholine rings is 1. The van der Waals surface area contributed by atoms with Gasteiger partial charge in [0.25, 0.3) is 0 Å². The van der Waals surface area contributed by atoms with Gasteiger partial charge in [-0.3, -0.25) is 0 Å². The van der Waals surface area contributed by atoms with E-state index in [9.17, 15) is 0 Å². The Kier molecular flexibility index (Phi) is 4.94. The normalized spacial score (nSPS) is 21.3. The van der Waals surface area contributed by atoms with Crippen molar-refractivity contribution in [3.63, 3.8) is 0 Å². The molecule has 1 atom stereocenters. The average Bonchev–Trinajstić information content (AvgIpc) is 2.21. The van der Waals surface area contributed by atoms with Crippen molar-refractivity contribution in [3.8, 4) is 0 Å². The van der Waals surface area contributed by atoms with Gasteiger partial charge in [0.15, 0.2) is 0 Å². The highest BCUT2D eigenvalue weighted by Gasteiger charge is 2.12. The Balaban J connectivity index is 0.000000980. The second kappa shape index (κ2) is 6.02. The van der Waals surface area contributed by atoms with Crippen molar-refractivity contribution in [2.75, 3.05) is 19.7 Å². The van der Waals surface area contributed by atoms with E-state index >= 15 is 0 Å². The lowest BCUT2D eigenvalue weighted by Crippen LogP contribution is -2.39. The van der Waals surface area contributed by atoms with Crippen molar-refractivity contribution in [2.24, 2.45) is 0 Å². The number of rotatable bonds is 2. The summed E-state index contributed by atoms with van der Waals surface area (Å²) in [4.78, 5) is 0. The molecule has 2 nitrogen and oxygen atoms in total. The maximum Gasteiger partial charge on any atom is 0.0740 e. The topological polar surface area (TPSA) is 21.3 Å². The number of hydrogen-bond donors (Lipinski definition) is 1. The minimum Gasteiger partial charge on any atom is -0.375 e. The molecule has 78 valence electrons. The summed E-state index contributed by atoms with van der Waals surface area (Å²) < 4.78 is 5.62. The molecule has 2 rings (SSSR count). The summed E-state index contributed by atoms with van der Waals surface area (Å²) in [5, 5.41) is 3.33. The lowest BCUT2D eigenvalue weighted by Gasteiger charge is -2.23. The van der Waals surface area contributed by atoms with Crippen LogP contribution in [-0.4, -0.2) is 25.8 Å². The quantitative estimate of drug-likeness (QED) is 0.807. The van der Waals surface area contributed by atoms with Gasteiger partial charge in [0.2, 0.25) is 0 Å². The molecule has 0 radical (unpaired) electrons. The maximum atomic E-state index is 5.62. The molecule has 0 unspecified atom stereocenters. The molecular formula is C11H16ClNO. The van der Waals surface area contributed by atoms with Crippen LogP contribution in [0.15, 0.2) is 30.3 Å². The van der Waals surface area contributed by atoms with Gasteiger partial charge in [-0.2, -0.15) is 0 Å². The third-order valence-corrected chi connectivity index (χ3v) is 2.31. The lowest BCUT2D eigenvalue weighted by molar-refractivity contribution is 0.0292. The van der Waals surface area contributed by atoms with Crippen LogP contribution in [0, 0.1) is 0 Å².